The first-order valence-electron chi connectivity index (χ1n) is 7.27. The Bertz CT molecular complexity index is 431. The van der Waals surface area contributed by atoms with Crippen molar-refractivity contribution >= 4 is 5.91 Å². The minimum absolute atomic E-state index is 0.0714. The van der Waals surface area contributed by atoms with E-state index in [-0.39, 0.29) is 18.1 Å². The molecule has 1 amide bonds. The van der Waals surface area contributed by atoms with Gasteiger partial charge in [-0.2, -0.15) is 0 Å². The Morgan fingerprint density at radius 3 is 2.70 bits per heavy atom. The van der Waals surface area contributed by atoms with Crippen LogP contribution < -0.4 is 11.1 Å². The number of amides is 1. The minimum Gasteiger partial charge on any atom is -0.371 e. The van der Waals surface area contributed by atoms with Crippen molar-refractivity contribution in [3.63, 3.8) is 0 Å². The zero-order valence-electron chi connectivity index (χ0n) is 12.1. The quantitative estimate of drug-likeness (QED) is 0.707. The molecule has 4 nitrogen and oxygen atoms in total. The molecule has 1 aromatic rings. The molecular weight excluding hydrogens is 252 g/mol. The molecule has 1 unspecified atom stereocenters. The summed E-state index contributed by atoms with van der Waals surface area (Å²) in [6, 6.07) is 10.1. The van der Waals surface area contributed by atoms with Crippen molar-refractivity contribution in [2.45, 2.75) is 31.7 Å². The second kappa shape index (κ2) is 6.86. The molecule has 3 N–H and O–H groups in total. The molecule has 0 aromatic heterocycles. The lowest BCUT2D eigenvalue weighted by atomic mass is 9.96. The van der Waals surface area contributed by atoms with E-state index >= 15 is 0 Å². The molecule has 0 heterocycles. The molecule has 0 bridgehead atoms. The van der Waals surface area contributed by atoms with Crippen molar-refractivity contribution in [2.75, 3.05) is 19.8 Å². The Morgan fingerprint density at radius 2 is 2.10 bits per heavy atom. The first kappa shape index (κ1) is 15.0. The fourth-order valence-corrected chi connectivity index (χ4v) is 2.39. The van der Waals surface area contributed by atoms with Crippen molar-refractivity contribution in [1.29, 1.82) is 0 Å². The molecule has 0 radical (unpaired) electrons. The summed E-state index contributed by atoms with van der Waals surface area (Å²) in [7, 11) is 0. The lowest BCUT2D eigenvalue weighted by Gasteiger charge is -2.29. The second-order valence-corrected chi connectivity index (χ2v) is 5.73. The third-order valence-corrected chi connectivity index (χ3v) is 3.94. The third kappa shape index (κ3) is 4.32. The molecule has 1 fully saturated rings. The number of carbonyl (C=O) groups excluding carboxylic acids is 1. The van der Waals surface area contributed by atoms with Crippen LogP contribution in [0.5, 0.6) is 0 Å². The number of hydrogen-bond donors (Lipinski definition) is 2. The molecule has 1 atom stereocenters. The van der Waals surface area contributed by atoms with Crippen molar-refractivity contribution in [1.82, 2.24) is 5.32 Å². The first-order valence-corrected chi connectivity index (χ1v) is 7.27. The summed E-state index contributed by atoms with van der Waals surface area (Å²) in [6.07, 6.45) is 3.14. The van der Waals surface area contributed by atoms with Crippen LogP contribution in [0.1, 0.15) is 25.3 Å². The van der Waals surface area contributed by atoms with Crippen LogP contribution in [-0.2, 0) is 16.0 Å². The maximum atomic E-state index is 11.9. The van der Waals surface area contributed by atoms with Gasteiger partial charge in [0.2, 0.25) is 5.91 Å². The van der Waals surface area contributed by atoms with Crippen LogP contribution in [-0.4, -0.2) is 31.2 Å². The van der Waals surface area contributed by atoms with Crippen LogP contribution >= 0.6 is 0 Å². The number of hydrogen-bond acceptors (Lipinski definition) is 3. The average molecular weight is 276 g/mol. The van der Waals surface area contributed by atoms with Gasteiger partial charge in [-0.1, -0.05) is 30.3 Å². The first-order chi connectivity index (χ1) is 9.64. The number of nitrogens with two attached hydrogens (primary N) is 1. The molecule has 0 aliphatic heterocycles. The number of carbonyl (C=O) groups is 1. The van der Waals surface area contributed by atoms with E-state index in [1.807, 2.05) is 25.1 Å². The normalized spacial score (nSPS) is 17.5. The Labute approximate surface area is 120 Å². The monoisotopic (exact) mass is 276 g/mol. The van der Waals surface area contributed by atoms with Crippen LogP contribution in [0.4, 0.5) is 0 Å². The third-order valence-electron chi connectivity index (χ3n) is 3.94. The van der Waals surface area contributed by atoms with Crippen molar-refractivity contribution in [3.05, 3.63) is 35.9 Å². The summed E-state index contributed by atoms with van der Waals surface area (Å²) in [5.74, 6) is 0.457. The number of nitrogens with one attached hydrogen (secondary N) is 1. The van der Waals surface area contributed by atoms with Gasteiger partial charge in [0.15, 0.2) is 0 Å². The van der Waals surface area contributed by atoms with Crippen LogP contribution in [0.3, 0.4) is 0 Å². The van der Waals surface area contributed by atoms with Crippen LogP contribution in [0.15, 0.2) is 30.3 Å². The van der Waals surface area contributed by atoms with Crippen molar-refractivity contribution in [3.8, 4) is 0 Å². The molecule has 4 heteroatoms. The fourth-order valence-electron chi connectivity index (χ4n) is 2.39. The summed E-state index contributed by atoms with van der Waals surface area (Å²) in [4.78, 5) is 11.9. The minimum atomic E-state index is -0.264. The van der Waals surface area contributed by atoms with Crippen LogP contribution in [0.25, 0.3) is 0 Å². The van der Waals surface area contributed by atoms with Crippen molar-refractivity contribution in [2.24, 2.45) is 11.7 Å². The largest absolute Gasteiger partial charge is 0.371 e. The molecule has 110 valence electrons. The zero-order valence-corrected chi connectivity index (χ0v) is 12.1. The van der Waals surface area contributed by atoms with Gasteiger partial charge in [-0.3, -0.25) is 4.79 Å². The van der Waals surface area contributed by atoms with E-state index in [9.17, 15) is 4.79 Å². The molecule has 1 aliphatic carbocycles. The Kier molecular flexibility index (Phi) is 5.15. The van der Waals surface area contributed by atoms with E-state index in [2.05, 4.69) is 17.4 Å². The van der Waals surface area contributed by atoms with Crippen molar-refractivity contribution < 1.29 is 9.53 Å². The Morgan fingerprint density at radius 1 is 1.40 bits per heavy atom. The smallest absolute Gasteiger partial charge is 0.246 e. The number of benzene rings is 1. The van der Waals surface area contributed by atoms with Gasteiger partial charge in [-0.15, -0.1) is 0 Å². The average Bonchev–Trinajstić information content (AvgIpc) is 3.29. The lowest BCUT2D eigenvalue weighted by Crippen LogP contribution is -2.54. The van der Waals surface area contributed by atoms with Gasteiger partial charge in [0.1, 0.15) is 6.61 Å². The van der Waals surface area contributed by atoms with Gasteiger partial charge in [-0.05, 0) is 37.7 Å². The Balaban J connectivity index is 1.65. The summed E-state index contributed by atoms with van der Waals surface area (Å²) >= 11 is 0. The molecule has 0 spiro atoms. The Hall–Kier alpha value is -1.39. The van der Waals surface area contributed by atoms with E-state index < -0.39 is 0 Å². The highest BCUT2D eigenvalue weighted by Crippen LogP contribution is 2.38. The second-order valence-electron chi connectivity index (χ2n) is 5.73. The van der Waals surface area contributed by atoms with Gasteiger partial charge >= 0.3 is 0 Å². The molecule has 20 heavy (non-hydrogen) atoms. The number of rotatable bonds is 8. The lowest BCUT2D eigenvalue weighted by molar-refractivity contribution is -0.127. The van der Waals surface area contributed by atoms with Crippen LogP contribution in [0, 0.1) is 5.92 Å². The van der Waals surface area contributed by atoms with E-state index in [1.54, 1.807) is 0 Å². The molecule has 0 saturated heterocycles. The summed E-state index contributed by atoms with van der Waals surface area (Å²) in [5.41, 5.74) is 6.73. The highest BCUT2D eigenvalue weighted by atomic mass is 16.5. The molecular formula is C16H24N2O2. The fraction of sp³-hybridized carbons (Fsp3) is 0.562. The maximum absolute atomic E-state index is 11.9. The summed E-state index contributed by atoms with van der Waals surface area (Å²) in [5, 5.41) is 3.01. The molecule has 2 rings (SSSR count). The van der Waals surface area contributed by atoms with Gasteiger partial charge in [0.25, 0.3) is 0 Å². The molecule has 1 aliphatic rings. The number of ether oxygens (including phenoxy) is 1. The predicted octanol–water partition coefficient (Wildman–Crippen LogP) is 1.49. The standard InChI is InChI=1S/C16H24N2O2/c1-16(12-17,14-7-8-14)18-15(19)11-20-10-9-13-5-3-2-4-6-13/h2-6,14H,7-12,17H2,1H3,(H,18,19). The highest BCUT2D eigenvalue weighted by Gasteiger charge is 2.41. The van der Waals surface area contributed by atoms with E-state index in [1.165, 1.54) is 5.56 Å². The summed E-state index contributed by atoms with van der Waals surface area (Å²) in [6.45, 7) is 3.16. The van der Waals surface area contributed by atoms with E-state index in [0.29, 0.717) is 19.1 Å². The SMILES string of the molecule is CC(CN)(NC(=O)COCCc1ccccc1)C1CC1. The topological polar surface area (TPSA) is 64.3 Å². The maximum Gasteiger partial charge on any atom is 0.246 e. The highest BCUT2D eigenvalue weighted by molar-refractivity contribution is 5.78. The predicted molar refractivity (Wildman–Crippen MR) is 79.3 cm³/mol. The van der Waals surface area contributed by atoms with E-state index in [4.69, 9.17) is 10.5 Å². The van der Waals surface area contributed by atoms with Gasteiger partial charge in [-0.25, -0.2) is 0 Å². The zero-order chi connectivity index (χ0) is 14.4. The van der Waals surface area contributed by atoms with Crippen LogP contribution in [0.2, 0.25) is 0 Å². The van der Waals surface area contributed by atoms with E-state index in [0.717, 1.165) is 19.3 Å². The van der Waals surface area contributed by atoms with Gasteiger partial charge in [0.05, 0.1) is 12.1 Å². The molecule has 1 saturated carbocycles. The summed E-state index contributed by atoms with van der Waals surface area (Å²) < 4.78 is 5.44. The van der Waals surface area contributed by atoms with Gasteiger partial charge < -0.3 is 15.8 Å². The molecule has 1 aromatic carbocycles. The van der Waals surface area contributed by atoms with Gasteiger partial charge in [0, 0.05) is 6.54 Å².